The van der Waals surface area contributed by atoms with Crippen molar-refractivity contribution in [1.29, 1.82) is 0 Å². The normalized spacial score (nSPS) is 32.9. The largest absolute Gasteiger partial charge is 0.480 e. The minimum absolute atomic E-state index is 0.252. The third-order valence-electron chi connectivity index (χ3n) is 2.79. The Balaban J connectivity index is 2.96. The highest BCUT2D eigenvalue weighted by molar-refractivity contribution is 6.02. The Labute approximate surface area is 63.8 Å². The molecule has 0 bridgehead atoms. The van der Waals surface area contributed by atoms with Crippen molar-refractivity contribution in [3.63, 3.8) is 0 Å². The molecule has 1 saturated carbocycles. The molecule has 0 aromatic carbocycles. The molecule has 0 amide bonds. The maximum absolute atomic E-state index is 10.6. The summed E-state index contributed by atoms with van der Waals surface area (Å²) < 4.78 is 0. The van der Waals surface area contributed by atoms with Crippen LogP contribution >= 0.6 is 0 Å². The number of carbonyl (C=O) groups is 2. The Morgan fingerprint density at radius 1 is 1.09 bits per heavy atom. The van der Waals surface area contributed by atoms with E-state index in [0.29, 0.717) is 0 Å². The Hall–Kier alpha value is -1.06. The highest BCUT2D eigenvalue weighted by atomic mass is 16.4. The smallest absolute Gasteiger partial charge is 0.321 e. The van der Waals surface area contributed by atoms with Crippen molar-refractivity contribution in [3.8, 4) is 0 Å². The second-order valence-corrected chi connectivity index (χ2v) is 3.06. The molecule has 0 aromatic rings. The summed E-state index contributed by atoms with van der Waals surface area (Å²) in [5.41, 5.74) is -1.50. The molecule has 2 unspecified atom stereocenters. The zero-order valence-corrected chi connectivity index (χ0v) is 6.37. The zero-order chi connectivity index (χ0) is 8.81. The summed E-state index contributed by atoms with van der Waals surface area (Å²) in [5.74, 6) is -2.94. The SMILES string of the molecule is CC1C(C)C1(C(=O)O)C(=O)O. The highest BCUT2D eigenvalue weighted by Gasteiger charge is 2.71. The summed E-state index contributed by atoms with van der Waals surface area (Å²) in [6.45, 7) is 3.29. The first-order chi connectivity index (χ1) is 4.95. The first-order valence-corrected chi connectivity index (χ1v) is 3.42. The molecule has 0 saturated heterocycles. The molecular weight excluding hydrogens is 148 g/mol. The summed E-state index contributed by atoms with van der Waals surface area (Å²) in [6, 6.07) is 0. The van der Waals surface area contributed by atoms with E-state index < -0.39 is 17.4 Å². The first kappa shape index (κ1) is 8.04. The molecule has 0 aliphatic heterocycles. The van der Waals surface area contributed by atoms with E-state index in [4.69, 9.17) is 10.2 Å². The van der Waals surface area contributed by atoms with Crippen LogP contribution in [0.2, 0.25) is 0 Å². The number of hydrogen-bond donors (Lipinski definition) is 2. The van der Waals surface area contributed by atoms with Crippen molar-refractivity contribution in [2.24, 2.45) is 17.3 Å². The molecule has 0 aromatic heterocycles. The maximum Gasteiger partial charge on any atom is 0.321 e. The van der Waals surface area contributed by atoms with Gasteiger partial charge in [-0.2, -0.15) is 0 Å². The van der Waals surface area contributed by atoms with Crippen molar-refractivity contribution in [1.82, 2.24) is 0 Å². The number of carboxylic acids is 2. The molecule has 1 aliphatic rings. The van der Waals surface area contributed by atoms with E-state index in [0.717, 1.165) is 0 Å². The summed E-state index contributed by atoms with van der Waals surface area (Å²) in [6.07, 6.45) is 0. The molecule has 4 nitrogen and oxygen atoms in total. The van der Waals surface area contributed by atoms with Gasteiger partial charge in [0.15, 0.2) is 5.41 Å². The lowest BCUT2D eigenvalue weighted by molar-refractivity contribution is -0.158. The van der Waals surface area contributed by atoms with E-state index in [9.17, 15) is 9.59 Å². The predicted molar refractivity (Wildman–Crippen MR) is 36.0 cm³/mol. The van der Waals surface area contributed by atoms with Crippen molar-refractivity contribution in [2.45, 2.75) is 13.8 Å². The number of hydrogen-bond acceptors (Lipinski definition) is 2. The third kappa shape index (κ3) is 0.692. The second-order valence-electron chi connectivity index (χ2n) is 3.06. The molecule has 1 aliphatic carbocycles. The van der Waals surface area contributed by atoms with Crippen LogP contribution < -0.4 is 0 Å². The minimum Gasteiger partial charge on any atom is -0.480 e. The molecule has 4 heteroatoms. The van der Waals surface area contributed by atoms with Crippen molar-refractivity contribution >= 4 is 11.9 Å². The molecule has 2 N–H and O–H groups in total. The lowest BCUT2D eigenvalue weighted by Crippen LogP contribution is -2.28. The minimum atomic E-state index is -1.50. The standard InChI is InChI=1S/C7H10O4/c1-3-4(2)7(3,5(8)9)6(10)11/h3-4H,1-2H3,(H,8,9)(H,10,11). The van der Waals surface area contributed by atoms with E-state index >= 15 is 0 Å². The van der Waals surface area contributed by atoms with E-state index in [2.05, 4.69) is 0 Å². The van der Waals surface area contributed by atoms with Gasteiger partial charge in [-0.05, 0) is 11.8 Å². The summed E-state index contributed by atoms with van der Waals surface area (Å²) >= 11 is 0. The molecule has 1 rings (SSSR count). The van der Waals surface area contributed by atoms with E-state index in [1.54, 1.807) is 13.8 Å². The van der Waals surface area contributed by atoms with Gasteiger partial charge in [-0.3, -0.25) is 9.59 Å². The van der Waals surface area contributed by atoms with Crippen molar-refractivity contribution in [3.05, 3.63) is 0 Å². The van der Waals surface area contributed by atoms with Gasteiger partial charge >= 0.3 is 11.9 Å². The number of carboxylic acid groups (broad SMARTS) is 2. The Bertz CT molecular complexity index is 196. The van der Waals surface area contributed by atoms with Gasteiger partial charge in [-0.25, -0.2) is 0 Å². The van der Waals surface area contributed by atoms with Crippen LogP contribution in [0.15, 0.2) is 0 Å². The van der Waals surface area contributed by atoms with Crippen LogP contribution in [-0.4, -0.2) is 22.2 Å². The fourth-order valence-electron chi connectivity index (χ4n) is 1.65. The average Bonchev–Trinajstić information content (AvgIpc) is 2.37. The number of rotatable bonds is 2. The van der Waals surface area contributed by atoms with Gasteiger partial charge in [0.2, 0.25) is 0 Å². The summed E-state index contributed by atoms with van der Waals surface area (Å²) in [7, 11) is 0. The molecule has 0 radical (unpaired) electrons. The van der Waals surface area contributed by atoms with E-state index in [-0.39, 0.29) is 11.8 Å². The fourth-order valence-corrected chi connectivity index (χ4v) is 1.65. The van der Waals surface area contributed by atoms with Gasteiger partial charge < -0.3 is 10.2 Å². The second kappa shape index (κ2) is 1.96. The van der Waals surface area contributed by atoms with E-state index in [1.165, 1.54) is 0 Å². The predicted octanol–water partition coefficient (Wildman–Crippen LogP) is 0.428. The lowest BCUT2D eigenvalue weighted by atomic mass is 10.0. The zero-order valence-electron chi connectivity index (χ0n) is 6.37. The fraction of sp³-hybridized carbons (Fsp3) is 0.714. The monoisotopic (exact) mass is 158 g/mol. The lowest BCUT2D eigenvalue weighted by Gasteiger charge is -2.03. The maximum atomic E-state index is 10.6. The van der Waals surface area contributed by atoms with Gasteiger partial charge in [0.1, 0.15) is 0 Å². The number of aliphatic carboxylic acids is 2. The molecule has 0 spiro atoms. The van der Waals surface area contributed by atoms with Crippen LogP contribution in [-0.2, 0) is 9.59 Å². The van der Waals surface area contributed by atoms with Crippen LogP contribution in [0.3, 0.4) is 0 Å². The Morgan fingerprint density at radius 2 is 1.36 bits per heavy atom. The molecular formula is C7H10O4. The molecule has 2 atom stereocenters. The van der Waals surface area contributed by atoms with E-state index in [1.807, 2.05) is 0 Å². The molecule has 11 heavy (non-hydrogen) atoms. The third-order valence-corrected chi connectivity index (χ3v) is 2.79. The topological polar surface area (TPSA) is 74.6 Å². The summed E-state index contributed by atoms with van der Waals surface area (Å²) in [5, 5.41) is 17.3. The highest BCUT2D eigenvalue weighted by Crippen LogP contribution is 2.58. The molecule has 1 fully saturated rings. The van der Waals surface area contributed by atoms with Gasteiger partial charge in [-0.15, -0.1) is 0 Å². The van der Waals surface area contributed by atoms with Crippen LogP contribution in [0.5, 0.6) is 0 Å². The quantitative estimate of drug-likeness (QED) is 0.571. The van der Waals surface area contributed by atoms with Crippen LogP contribution in [0, 0.1) is 17.3 Å². The molecule has 0 heterocycles. The average molecular weight is 158 g/mol. The van der Waals surface area contributed by atoms with Gasteiger partial charge in [-0.1, -0.05) is 13.8 Å². The van der Waals surface area contributed by atoms with Crippen LogP contribution in [0.1, 0.15) is 13.8 Å². The van der Waals surface area contributed by atoms with Crippen LogP contribution in [0.25, 0.3) is 0 Å². The van der Waals surface area contributed by atoms with Gasteiger partial charge in [0, 0.05) is 0 Å². The Morgan fingerprint density at radius 3 is 1.36 bits per heavy atom. The van der Waals surface area contributed by atoms with Crippen molar-refractivity contribution in [2.75, 3.05) is 0 Å². The first-order valence-electron chi connectivity index (χ1n) is 3.42. The van der Waals surface area contributed by atoms with Crippen molar-refractivity contribution < 1.29 is 19.8 Å². The molecule has 62 valence electrons. The van der Waals surface area contributed by atoms with Crippen LogP contribution in [0.4, 0.5) is 0 Å². The van der Waals surface area contributed by atoms with Gasteiger partial charge in [0.05, 0.1) is 0 Å². The van der Waals surface area contributed by atoms with Gasteiger partial charge in [0.25, 0.3) is 0 Å². The Kier molecular flexibility index (Phi) is 1.44. The summed E-state index contributed by atoms with van der Waals surface area (Å²) in [4.78, 5) is 21.1.